The van der Waals surface area contributed by atoms with Crippen molar-refractivity contribution in [3.8, 4) is 0 Å². The number of hydrogen-bond acceptors (Lipinski definition) is 3. The van der Waals surface area contributed by atoms with E-state index < -0.39 is 0 Å². The second kappa shape index (κ2) is 4.18. The summed E-state index contributed by atoms with van der Waals surface area (Å²) in [6.45, 7) is 4.36. The van der Waals surface area contributed by atoms with Crippen molar-refractivity contribution in [2.45, 2.75) is 19.9 Å². The number of aryl methyl sites for hydroxylation is 1. The minimum atomic E-state index is 0.0289. The number of carbonyl (C=O) groups excluding carboxylic acids is 1. The molecule has 13 heavy (non-hydrogen) atoms. The fourth-order valence-corrected chi connectivity index (χ4v) is 1.01. The molecule has 0 fully saturated rings. The van der Waals surface area contributed by atoms with Gasteiger partial charge in [-0.15, -0.1) is 0 Å². The molecule has 4 heteroatoms. The fourth-order valence-electron chi connectivity index (χ4n) is 1.01. The Morgan fingerprint density at radius 1 is 1.69 bits per heavy atom. The van der Waals surface area contributed by atoms with Crippen molar-refractivity contribution in [1.82, 2.24) is 14.9 Å². The summed E-state index contributed by atoms with van der Waals surface area (Å²) in [4.78, 5) is 15.5. The highest BCUT2D eigenvalue weighted by molar-refractivity contribution is 5.94. The lowest BCUT2D eigenvalue weighted by molar-refractivity contribution is 0.0975. The van der Waals surface area contributed by atoms with Gasteiger partial charge in [-0.2, -0.15) is 0 Å². The quantitative estimate of drug-likeness (QED) is 0.692. The van der Waals surface area contributed by atoms with Gasteiger partial charge in [0.25, 0.3) is 0 Å². The van der Waals surface area contributed by atoms with E-state index in [2.05, 4.69) is 10.3 Å². The third-order valence-electron chi connectivity index (χ3n) is 1.74. The molecule has 0 unspecified atom stereocenters. The third kappa shape index (κ3) is 2.66. The number of imidazole rings is 1. The van der Waals surface area contributed by atoms with Gasteiger partial charge in [0.2, 0.25) is 5.78 Å². The molecule has 0 atom stereocenters. The summed E-state index contributed by atoms with van der Waals surface area (Å²) < 4.78 is 1.73. The van der Waals surface area contributed by atoms with Crippen LogP contribution in [0.4, 0.5) is 0 Å². The van der Waals surface area contributed by atoms with Crippen molar-refractivity contribution >= 4 is 5.78 Å². The summed E-state index contributed by atoms with van der Waals surface area (Å²) in [6.07, 6.45) is 3.39. The number of nitrogens with zero attached hydrogens (tertiary/aromatic N) is 2. The summed E-state index contributed by atoms with van der Waals surface area (Å²) >= 11 is 0. The summed E-state index contributed by atoms with van der Waals surface area (Å²) in [7, 11) is 1.82. The normalized spacial score (nSPS) is 10.8. The van der Waals surface area contributed by atoms with Crippen molar-refractivity contribution in [2.24, 2.45) is 7.05 Å². The van der Waals surface area contributed by atoms with Gasteiger partial charge in [0.1, 0.15) is 0 Å². The molecule has 0 amide bonds. The summed E-state index contributed by atoms with van der Waals surface area (Å²) in [6, 6.07) is 0.323. The molecule has 0 aromatic carbocycles. The first-order valence-electron chi connectivity index (χ1n) is 4.35. The van der Waals surface area contributed by atoms with Crippen LogP contribution in [0.2, 0.25) is 0 Å². The zero-order chi connectivity index (χ0) is 9.84. The van der Waals surface area contributed by atoms with E-state index in [1.54, 1.807) is 17.0 Å². The van der Waals surface area contributed by atoms with Gasteiger partial charge in [-0.05, 0) is 0 Å². The number of rotatable bonds is 4. The molecule has 0 bridgehead atoms. The predicted octanol–water partition coefficient (Wildman–Crippen LogP) is 0.601. The van der Waals surface area contributed by atoms with Crippen LogP contribution >= 0.6 is 0 Å². The summed E-state index contributed by atoms with van der Waals surface area (Å²) in [5.41, 5.74) is 0. The first kappa shape index (κ1) is 9.92. The standard InChI is InChI=1S/C9H15N3O/c1-7(2)11-6-8(13)9-10-4-5-12(9)3/h4-5,7,11H,6H2,1-3H3. The lowest BCUT2D eigenvalue weighted by atomic mass is 10.3. The van der Waals surface area contributed by atoms with Crippen molar-refractivity contribution in [1.29, 1.82) is 0 Å². The Morgan fingerprint density at radius 2 is 2.38 bits per heavy atom. The van der Waals surface area contributed by atoms with Gasteiger partial charge in [-0.3, -0.25) is 4.79 Å². The van der Waals surface area contributed by atoms with Crippen molar-refractivity contribution < 1.29 is 4.79 Å². The highest BCUT2D eigenvalue weighted by atomic mass is 16.1. The first-order chi connectivity index (χ1) is 6.11. The van der Waals surface area contributed by atoms with Gasteiger partial charge in [0, 0.05) is 25.5 Å². The highest BCUT2D eigenvalue weighted by Gasteiger charge is 2.10. The van der Waals surface area contributed by atoms with Crippen molar-refractivity contribution in [2.75, 3.05) is 6.54 Å². The molecule has 0 spiro atoms. The van der Waals surface area contributed by atoms with Gasteiger partial charge < -0.3 is 9.88 Å². The van der Waals surface area contributed by atoms with E-state index >= 15 is 0 Å². The maximum absolute atomic E-state index is 11.5. The largest absolute Gasteiger partial charge is 0.332 e. The van der Waals surface area contributed by atoms with Crippen LogP contribution in [0, 0.1) is 0 Å². The van der Waals surface area contributed by atoms with Crippen LogP contribution in [0.5, 0.6) is 0 Å². The zero-order valence-electron chi connectivity index (χ0n) is 8.24. The summed E-state index contributed by atoms with van der Waals surface area (Å²) in [5.74, 6) is 0.536. The molecule has 0 aliphatic rings. The number of nitrogens with one attached hydrogen (secondary N) is 1. The average Bonchev–Trinajstić information content (AvgIpc) is 2.47. The number of carbonyl (C=O) groups is 1. The predicted molar refractivity (Wildman–Crippen MR) is 50.7 cm³/mol. The van der Waals surface area contributed by atoms with E-state index in [0.717, 1.165) is 0 Å². The van der Waals surface area contributed by atoms with Gasteiger partial charge in [-0.1, -0.05) is 13.8 Å². The van der Waals surface area contributed by atoms with Crippen LogP contribution in [0.1, 0.15) is 24.5 Å². The van der Waals surface area contributed by atoms with Gasteiger partial charge in [0.15, 0.2) is 5.82 Å². The van der Waals surface area contributed by atoms with E-state index in [0.29, 0.717) is 18.4 Å². The van der Waals surface area contributed by atoms with E-state index in [-0.39, 0.29) is 5.78 Å². The number of aromatic nitrogens is 2. The van der Waals surface area contributed by atoms with Crippen LogP contribution in [0.25, 0.3) is 0 Å². The number of Topliss-reactive ketones (excluding diaryl/α,β-unsaturated/α-hetero) is 1. The van der Waals surface area contributed by atoms with Crippen LogP contribution in [-0.2, 0) is 7.05 Å². The minimum Gasteiger partial charge on any atom is -0.332 e. The maximum atomic E-state index is 11.5. The Balaban J connectivity index is 2.54. The molecule has 1 N–H and O–H groups in total. The van der Waals surface area contributed by atoms with E-state index in [1.165, 1.54) is 0 Å². The lowest BCUT2D eigenvalue weighted by Gasteiger charge is -2.06. The Labute approximate surface area is 78.0 Å². The van der Waals surface area contributed by atoms with Crippen LogP contribution < -0.4 is 5.32 Å². The van der Waals surface area contributed by atoms with Gasteiger partial charge in [0.05, 0.1) is 6.54 Å². The van der Waals surface area contributed by atoms with E-state index in [4.69, 9.17) is 0 Å². The molecule has 72 valence electrons. The Hall–Kier alpha value is -1.16. The average molecular weight is 181 g/mol. The molecule has 0 aliphatic carbocycles. The minimum absolute atomic E-state index is 0.0289. The Kier molecular flexibility index (Phi) is 3.19. The smallest absolute Gasteiger partial charge is 0.211 e. The SMILES string of the molecule is CC(C)NCC(=O)c1nccn1C. The zero-order valence-corrected chi connectivity index (χ0v) is 8.24. The topological polar surface area (TPSA) is 46.9 Å². The molecule has 1 aromatic rings. The monoisotopic (exact) mass is 181 g/mol. The molecule has 0 saturated heterocycles. The highest BCUT2D eigenvalue weighted by Crippen LogP contribution is 1.94. The van der Waals surface area contributed by atoms with Crippen LogP contribution in [0.3, 0.4) is 0 Å². The second-order valence-corrected chi connectivity index (χ2v) is 3.32. The fraction of sp³-hybridized carbons (Fsp3) is 0.556. The molecule has 0 radical (unpaired) electrons. The number of hydrogen-bond donors (Lipinski definition) is 1. The molecule has 0 saturated carbocycles. The maximum Gasteiger partial charge on any atom is 0.211 e. The Morgan fingerprint density at radius 3 is 2.85 bits per heavy atom. The first-order valence-corrected chi connectivity index (χ1v) is 4.35. The Bertz CT molecular complexity index is 291. The number of ketones is 1. The van der Waals surface area contributed by atoms with Crippen LogP contribution in [0.15, 0.2) is 12.4 Å². The second-order valence-electron chi connectivity index (χ2n) is 3.32. The van der Waals surface area contributed by atoms with Gasteiger partial charge in [-0.25, -0.2) is 4.98 Å². The van der Waals surface area contributed by atoms with Crippen molar-refractivity contribution in [3.05, 3.63) is 18.2 Å². The molecule has 1 heterocycles. The summed E-state index contributed by atoms with van der Waals surface area (Å²) in [5, 5.41) is 3.06. The molecular weight excluding hydrogens is 166 g/mol. The van der Waals surface area contributed by atoms with E-state index in [9.17, 15) is 4.79 Å². The molecule has 1 aromatic heterocycles. The molecule has 1 rings (SSSR count). The third-order valence-corrected chi connectivity index (χ3v) is 1.74. The molecule has 0 aliphatic heterocycles. The van der Waals surface area contributed by atoms with Gasteiger partial charge >= 0.3 is 0 Å². The lowest BCUT2D eigenvalue weighted by Crippen LogP contribution is -2.30. The van der Waals surface area contributed by atoms with Crippen molar-refractivity contribution in [3.63, 3.8) is 0 Å². The molecular formula is C9H15N3O. The van der Waals surface area contributed by atoms with Crippen LogP contribution in [-0.4, -0.2) is 27.9 Å². The molecule has 4 nitrogen and oxygen atoms in total. The van der Waals surface area contributed by atoms with E-state index in [1.807, 2.05) is 20.9 Å².